The molecule has 0 spiro atoms. The maximum Gasteiger partial charge on any atom is 0.182 e. The summed E-state index contributed by atoms with van der Waals surface area (Å²) in [7, 11) is -3.31. The Kier molecular flexibility index (Phi) is 5.24. The van der Waals surface area contributed by atoms with Gasteiger partial charge >= 0.3 is 0 Å². The van der Waals surface area contributed by atoms with Crippen molar-refractivity contribution < 1.29 is 8.42 Å². The summed E-state index contributed by atoms with van der Waals surface area (Å²) in [4.78, 5) is 21.6. The standard InChI is InChI=1S/C23H20N6O2S/c30-32(31)12-11-28(21-7-1-2-8-22(21)32)23-18(5-3-10-27-23)16-29(19-6-4-9-24-13-19)20-14-25-17-26-15-20/h1-10,13-15,17H,11-12,16H2. The van der Waals surface area contributed by atoms with Crippen molar-refractivity contribution in [2.45, 2.75) is 11.4 Å². The van der Waals surface area contributed by atoms with Gasteiger partial charge in [0.2, 0.25) is 0 Å². The fraction of sp³-hybridized carbons (Fsp3) is 0.130. The predicted molar refractivity (Wildman–Crippen MR) is 122 cm³/mol. The maximum absolute atomic E-state index is 12.6. The van der Waals surface area contributed by atoms with Gasteiger partial charge in [0, 0.05) is 24.5 Å². The molecule has 0 radical (unpaired) electrons. The number of hydrogen-bond acceptors (Lipinski definition) is 8. The highest BCUT2D eigenvalue weighted by Gasteiger charge is 2.30. The fourth-order valence-corrected chi connectivity index (χ4v) is 5.27. The molecule has 4 heterocycles. The van der Waals surface area contributed by atoms with Gasteiger partial charge in [-0.15, -0.1) is 0 Å². The first-order valence-corrected chi connectivity index (χ1v) is 11.7. The van der Waals surface area contributed by atoms with Gasteiger partial charge in [-0.3, -0.25) is 4.98 Å². The first-order chi connectivity index (χ1) is 15.6. The largest absolute Gasteiger partial charge is 0.333 e. The Hall–Kier alpha value is -3.85. The molecule has 1 aliphatic heterocycles. The lowest BCUT2D eigenvalue weighted by Crippen LogP contribution is -2.33. The molecule has 160 valence electrons. The van der Waals surface area contributed by atoms with Crippen molar-refractivity contribution in [2.24, 2.45) is 0 Å². The minimum Gasteiger partial charge on any atom is -0.333 e. The molecule has 0 bridgehead atoms. The average molecular weight is 445 g/mol. The topological polar surface area (TPSA) is 92.2 Å². The van der Waals surface area contributed by atoms with E-state index in [4.69, 9.17) is 0 Å². The minimum absolute atomic E-state index is 0.0405. The second-order valence-corrected chi connectivity index (χ2v) is 9.40. The van der Waals surface area contributed by atoms with Crippen LogP contribution in [0.4, 0.5) is 22.9 Å². The molecule has 5 rings (SSSR count). The van der Waals surface area contributed by atoms with Gasteiger partial charge in [-0.25, -0.2) is 23.4 Å². The van der Waals surface area contributed by atoms with Crippen molar-refractivity contribution in [1.82, 2.24) is 19.9 Å². The zero-order chi connectivity index (χ0) is 22.0. The van der Waals surface area contributed by atoms with E-state index in [-0.39, 0.29) is 5.75 Å². The SMILES string of the molecule is O=S1(=O)CCN(c2ncccc2CN(c2cccnc2)c2cncnc2)c2ccccc21. The van der Waals surface area contributed by atoms with Gasteiger partial charge in [-0.05, 0) is 30.3 Å². The van der Waals surface area contributed by atoms with Gasteiger partial charge in [-0.1, -0.05) is 18.2 Å². The molecule has 3 aromatic heterocycles. The molecule has 0 saturated carbocycles. The van der Waals surface area contributed by atoms with Gasteiger partial charge in [0.15, 0.2) is 9.84 Å². The van der Waals surface area contributed by atoms with Crippen LogP contribution in [-0.4, -0.2) is 40.7 Å². The molecule has 0 fully saturated rings. The Morgan fingerprint density at radius 3 is 2.47 bits per heavy atom. The van der Waals surface area contributed by atoms with Crippen LogP contribution in [0.15, 0.2) is 90.7 Å². The molecule has 0 N–H and O–H groups in total. The number of pyridine rings is 2. The number of fused-ring (bicyclic) bond motifs is 1. The zero-order valence-electron chi connectivity index (χ0n) is 17.1. The highest BCUT2D eigenvalue weighted by Crippen LogP contribution is 2.37. The molecule has 0 atom stereocenters. The number of anilines is 4. The van der Waals surface area contributed by atoms with Crippen molar-refractivity contribution in [3.8, 4) is 0 Å². The van der Waals surface area contributed by atoms with Crippen LogP contribution in [0.25, 0.3) is 0 Å². The van der Waals surface area contributed by atoms with Crippen molar-refractivity contribution in [3.05, 3.63) is 91.4 Å². The Bertz CT molecular complexity index is 1290. The molecule has 32 heavy (non-hydrogen) atoms. The quantitative estimate of drug-likeness (QED) is 0.462. The summed E-state index contributed by atoms with van der Waals surface area (Å²) in [6.07, 6.45) is 10.2. The van der Waals surface area contributed by atoms with E-state index in [0.29, 0.717) is 23.7 Å². The van der Waals surface area contributed by atoms with Crippen molar-refractivity contribution in [3.63, 3.8) is 0 Å². The first-order valence-electron chi connectivity index (χ1n) is 10.1. The third-order valence-electron chi connectivity index (χ3n) is 5.34. The van der Waals surface area contributed by atoms with Crippen LogP contribution >= 0.6 is 0 Å². The number of para-hydroxylation sites is 1. The van der Waals surface area contributed by atoms with Gasteiger partial charge in [0.05, 0.1) is 52.8 Å². The zero-order valence-corrected chi connectivity index (χ0v) is 17.9. The summed E-state index contributed by atoms with van der Waals surface area (Å²) in [5.74, 6) is 0.763. The van der Waals surface area contributed by atoms with Crippen LogP contribution < -0.4 is 9.80 Å². The van der Waals surface area contributed by atoms with Crippen LogP contribution in [-0.2, 0) is 16.4 Å². The van der Waals surface area contributed by atoms with Crippen LogP contribution in [0.3, 0.4) is 0 Å². The molecule has 4 aromatic rings. The predicted octanol–water partition coefficient (Wildman–Crippen LogP) is 3.53. The van der Waals surface area contributed by atoms with E-state index in [2.05, 4.69) is 24.8 Å². The summed E-state index contributed by atoms with van der Waals surface area (Å²) < 4.78 is 25.2. The van der Waals surface area contributed by atoms with E-state index in [1.54, 1.807) is 43.1 Å². The van der Waals surface area contributed by atoms with Crippen molar-refractivity contribution in [1.29, 1.82) is 0 Å². The van der Waals surface area contributed by atoms with Crippen LogP contribution in [0.1, 0.15) is 5.56 Å². The summed E-state index contributed by atoms with van der Waals surface area (Å²) in [6.45, 7) is 0.818. The second kappa shape index (κ2) is 8.35. The Morgan fingerprint density at radius 1 is 0.875 bits per heavy atom. The van der Waals surface area contributed by atoms with Crippen LogP contribution in [0, 0.1) is 0 Å². The third-order valence-corrected chi connectivity index (χ3v) is 7.08. The lowest BCUT2D eigenvalue weighted by Gasteiger charge is -2.32. The fourth-order valence-electron chi connectivity index (χ4n) is 3.85. The summed E-state index contributed by atoms with van der Waals surface area (Å²) >= 11 is 0. The van der Waals surface area contributed by atoms with E-state index in [1.807, 2.05) is 41.3 Å². The summed E-state index contributed by atoms with van der Waals surface area (Å²) in [6, 6.07) is 14.8. The number of sulfone groups is 1. The molecule has 1 aliphatic rings. The normalized spacial score (nSPS) is 14.6. The molecule has 1 aromatic carbocycles. The highest BCUT2D eigenvalue weighted by atomic mass is 32.2. The van der Waals surface area contributed by atoms with E-state index < -0.39 is 9.84 Å². The molecular weight excluding hydrogens is 424 g/mol. The number of benzene rings is 1. The molecule has 0 saturated heterocycles. The Balaban J connectivity index is 1.58. The first kappa shape index (κ1) is 20.1. The molecular formula is C23H20N6O2S. The average Bonchev–Trinajstić information content (AvgIpc) is 2.84. The monoisotopic (exact) mass is 444 g/mol. The van der Waals surface area contributed by atoms with Gasteiger partial charge < -0.3 is 9.80 Å². The molecule has 0 amide bonds. The third kappa shape index (κ3) is 3.78. The molecule has 0 unspecified atom stereocenters. The van der Waals surface area contributed by atoms with Crippen molar-refractivity contribution >= 4 is 32.7 Å². The van der Waals surface area contributed by atoms with Crippen LogP contribution in [0.2, 0.25) is 0 Å². The van der Waals surface area contributed by atoms with Crippen molar-refractivity contribution in [2.75, 3.05) is 22.1 Å². The maximum atomic E-state index is 12.6. The molecule has 9 heteroatoms. The number of aromatic nitrogens is 4. The van der Waals surface area contributed by atoms with Gasteiger partial charge in [-0.2, -0.15) is 0 Å². The number of hydrogen-bond donors (Lipinski definition) is 0. The van der Waals surface area contributed by atoms with Crippen LogP contribution in [0.5, 0.6) is 0 Å². The van der Waals surface area contributed by atoms with Gasteiger partial charge in [0.1, 0.15) is 12.1 Å². The number of nitrogens with zero attached hydrogens (tertiary/aromatic N) is 6. The lowest BCUT2D eigenvalue weighted by atomic mass is 10.1. The number of rotatable bonds is 5. The Morgan fingerprint density at radius 2 is 1.66 bits per heavy atom. The van der Waals surface area contributed by atoms with E-state index in [9.17, 15) is 8.42 Å². The molecule has 8 nitrogen and oxygen atoms in total. The lowest BCUT2D eigenvalue weighted by molar-refractivity contribution is 0.592. The van der Waals surface area contributed by atoms with Gasteiger partial charge in [0.25, 0.3) is 0 Å². The smallest absolute Gasteiger partial charge is 0.182 e. The highest BCUT2D eigenvalue weighted by molar-refractivity contribution is 7.91. The summed E-state index contributed by atoms with van der Waals surface area (Å²) in [5.41, 5.74) is 3.29. The van der Waals surface area contributed by atoms with E-state index in [1.165, 1.54) is 6.33 Å². The summed E-state index contributed by atoms with van der Waals surface area (Å²) in [5, 5.41) is 0. The van der Waals surface area contributed by atoms with E-state index >= 15 is 0 Å². The minimum atomic E-state index is -3.31. The molecule has 0 aliphatic carbocycles. The second-order valence-electron chi connectivity index (χ2n) is 7.32. The van der Waals surface area contributed by atoms with E-state index in [0.717, 1.165) is 22.8 Å². The Labute approximate surface area is 186 Å².